The Morgan fingerprint density at radius 2 is 2.00 bits per heavy atom. The topological polar surface area (TPSA) is 44.1 Å². The van der Waals surface area contributed by atoms with Crippen LogP contribution in [-0.2, 0) is 7.05 Å². The molecule has 134 valence electrons. The van der Waals surface area contributed by atoms with E-state index in [-0.39, 0.29) is 5.78 Å². The molecule has 0 aliphatic rings. The number of alkyl halides is 4. The first kappa shape index (κ1) is 18.7. The highest BCUT2D eigenvalue weighted by Crippen LogP contribution is 2.28. The highest BCUT2D eigenvalue weighted by molar-refractivity contribution is 6.08. The van der Waals surface area contributed by atoms with Gasteiger partial charge in [-0.3, -0.25) is 9.48 Å². The van der Waals surface area contributed by atoms with E-state index in [1.165, 1.54) is 24.3 Å². The van der Waals surface area contributed by atoms with Crippen LogP contribution in [0, 0.1) is 13.8 Å². The molecule has 0 spiro atoms. The summed E-state index contributed by atoms with van der Waals surface area (Å²) in [6.45, 7) is 3.46. The van der Waals surface area contributed by atoms with Crippen molar-refractivity contribution in [2.75, 3.05) is 0 Å². The number of carbonyl (C=O) groups is 1. The number of benzene rings is 1. The van der Waals surface area contributed by atoms with Gasteiger partial charge in [-0.1, -0.05) is 18.2 Å². The Morgan fingerprint density at radius 1 is 1.32 bits per heavy atom. The summed E-state index contributed by atoms with van der Waals surface area (Å²) in [4.78, 5) is 12.3. The smallest absolute Gasteiger partial charge is 0.428 e. The van der Waals surface area contributed by atoms with E-state index in [0.29, 0.717) is 22.5 Å². The van der Waals surface area contributed by atoms with Crippen molar-refractivity contribution in [2.24, 2.45) is 7.05 Å². The summed E-state index contributed by atoms with van der Waals surface area (Å²) in [7, 11) is 1.72. The second-order valence-corrected chi connectivity index (χ2v) is 5.40. The molecule has 0 amide bonds. The number of carbonyl (C=O) groups excluding carboxylic acids is 1. The van der Waals surface area contributed by atoms with Gasteiger partial charge in [0.15, 0.2) is 5.78 Å². The normalized spacial score (nSPS) is 12.2. The van der Waals surface area contributed by atoms with Gasteiger partial charge < -0.3 is 4.74 Å². The summed E-state index contributed by atoms with van der Waals surface area (Å²) in [6, 6.07) is 5.16. The highest BCUT2D eigenvalue weighted by atomic mass is 19.3. The summed E-state index contributed by atoms with van der Waals surface area (Å²) < 4.78 is 55.8. The van der Waals surface area contributed by atoms with E-state index in [1.54, 1.807) is 25.6 Å². The Labute approximate surface area is 141 Å². The fraction of sp³-hybridized carbons (Fsp3) is 0.294. The van der Waals surface area contributed by atoms with Crippen LogP contribution in [0.2, 0.25) is 0 Å². The van der Waals surface area contributed by atoms with Gasteiger partial charge in [-0.05, 0) is 37.6 Å². The van der Waals surface area contributed by atoms with Crippen LogP contribution in [0.5, 0.6) is 5.75 Å². The molecule has 0 unspecified atom stereocenters. The third-order valence-electron chi connectivity index (χ3n) is 3.55. The highest BCUT2D eigenvalue weighted by Gasteiger charge is 2.43. The SMILES string of the molecule is Cc1nn(C)c(C)c1C(=O)/C=C/c1cccc(OC(F)(F)C(F)F)c1. The van der Waals surface area contributed by atoms with Crippen molar-refractivity contribution in [3.05, 3.63) is 52.9 Å². The van der Waals surface area contributed by atoms with Crippen molar-refractivity contribution in [3.8, 4) is 5.75 Å². The van der Waals surface area contributed by atoms with Gasteiger partial charge in [-0.2, -0.15) is 22.7 Å². The van der Waals surface area contributed by atoms with Crippen LogP contribution >= 0.6 is 0 Å². The number of ketones is 1. The van der Waals surface area contributed by atoms with Gasteiger partial charge in [0.25, 0.3) is 0 Å². The molecule has 0 saturated heterocycles. The van der Waals surface area contributed by atoms with E-state index < -0.39 is 18.3 Å². The minimum Gasteiger partial charge on any atom is -0.428 e. The molecule has 0 atom stereocenters. The van der Waals surface area contributed by atoms with E-state index in [0.717, 1.165) is 12.1 Å². The standard InChI is InChI=1S/C17H16F4N2O2/c1-10-15(11(2)23(3)22-10)14(24)8-7-12-5-4-6-13(9-12)25-17(20,21)16(18)19/h4-9,16H,1-3H3/b8-7+. The summed E-state index contributed by atoms with van der Waals surface area (Å²) >= 11 is 0. The molecule has 0 radical (unpaired) electrons. The average Bonchev–Trinajstić information content (AvgIpc) is 2.77. The van der Waals surface area contributed by atoms with Crippen LogP contribution in [0.25, 0.3) is 6.08 Å². The second kappa shape index (κ2) is 7.08. The van der Waals surface area contributed by atoms with Crippen LogP contribution in [-0.4, -0.2) is 28.1 Å². The molecule has 8 heteroatoms. The maximum absolute atomic E-state index is 12.9. The number of ether oxygens (including phenoxy) is 1. The molecular weight excluding hydrogens is 340 g/mol. The molecule has 1 heterocycles. The van der Waals surface area contributed by atoms with E-state index in [2.05, 4.69) is 9.84 Å². The summed E-state index contributed by atoms with van der Waals surface area (Å²) in [5, 5.41) is 4.15. The first-order chi connectivity index (χ1) is 11.6. The number of hydrogen-bond acceptors (Lipinski definition) is 3. The summed E-state index contributed by atoms with van der Waals surface area (Å²) in [5.74, 6) is -0.721. The van der Waals surface area contributed by atoms with Crippen LogP contribution in [0.15, 0.2) is 30.3 Å². The molecule has 2 rings (SSSR count). The van der Waals surface area contributed by atoms with Crippen molar-refractivity contribution in [2.45, 2.75) is 26.4 Å². The van der Waals surface area contributed by atoms with E-state index in [4.69, 9.17) is 0 Å². The zero-order valence-electron chi connectivity index (χ0n) is 13.8. The Balaban J connectivity index is 2.19. The molecule has 0 saturated carbocycles. The van der Waals surface area contributed by atoms with Gasteiger partial charge >= 0.3 is 12.5 Å². The van der Waals surface area contributed by atoms with Crippen molar-refractivity contribution in [1.29, 1.82) is 0 Å². The molecule has 4 nitrogen and oxygen atoms in total. The lowest BCUT2D eigenvalue weighted by Gasteiger charge is -2.16. The quantitative estimate of drug-likeness (QED) is 0.443. The monoisotopic (exact) mass is 356 g/mol. The van der Waals surface area contributed by atoms with Crippen molar-refractivity contribution in [1.82, 2.24) is 9.78 Å². The third kappa shape index (κ3) is 4.26. The molecule has 1 aromatic heterocycles. The zero-order valence-corrected chi connectivity index (χ0v) is 13.8. The summed E-state index contributed by atoms with van der Waals surface area (Å²) in [5.41, 5.74) is 2.08. The molecule has 0 bridgehead atoms. The van der Waals surface area contributed by atoms with Gasteiger partial charge in [0.1, 0.15) is 5.75 Å². The van der Waals surface area contributed by atoms with Gasteiger partial charge in [0.05, 0.1) is 11.3 Å². The van der Waals surface area contributed by atoms with E-state index >= 15 is 0 Å². The number of hydrogen-bond donors (Lipinski definition) is 0. The Morgan fingerprint density at radius 3 is 2.56 bits per heavy atom. The van der Waals surface area contributed by atoms with E-state index in [1.807, 2.05) is 0 Å². The number of rotatable bonds is 6. The zero-order chi connectivity index (χ0) is 18.8. The average molecular weight is 356 g/mol. The lowest BCUT2D eigenvalue weighted by molar-refractivity contribution is -0.253. The van der Waals surface area contributed by atoms with Crippen LogP contribution in [0.1, 0.15) is 27.3 Å². The predicted octanol–water partition coefficient (Wildman–Crippen LogP) is 4.17. The molecule has 25 heavy (non-hydrogen) atoms. The lowest BCUT2D eigenvalue weighted by atomic mass is 10.1. The minimum atomic E-state index is -4.58. The largest absolute Gasteiger partial charge is 0.461 e. The van der Waals surface area contributed by atoms with Crippen molar-refractivity contribution >= 4 is 11.9 Å². The van der Waals surface area contributed by atoms with Gasteiger partial charge in [-0.15, -0.1) is 0 Å². The van der Waals surface area contributed by atoms with Crippen LogP contribution in [0.4, 0.5) is 17.6 Å². The second-order valence-electron chi connectivity index (χ2n) is 5.40. The van der Waals surface area contributed by atoms with E-state index in [9.17, 15) is 22.4 Å². The molecule has 0 aliphatic carbocycles. The Kier molecular flexibility index (Phi) is 5.30. The maximum atomic E-state index is 12.9. The number of aromatic nitrogens is 2. The lowest BCUT2D eigenvalue weighted by Crippen LogP contribution is -2.33. The third-order valence-corrected chi connectivity index (χ3v) is 3.55. The Bertz CT molecular complexity index is 813. The number of nitrogens with zero attached hydrogens (tertiary/aromatic N) is 2. The first-order valence-corrected chi connectivity index (χ1v) is 7.29. The predicted molar refractivity (Wildman–Crippen MR) is 84.1 cm³/mol. The molecule has 0 aliphatic heterocycles. The number of aryl methyl sites for hydroxylation is 2. The Hall–Kier alpha value is -2.64. The minimum absolute atomic E-state index is 0.299. The molecule has 0 N–H and O–H groups in total. The number of allylic oxidation sites excluding steroid dienone is 1. The first-order valence-electron chi connectivity index (χ1n) is 7.29. The van der Waals surface area contributed by atoms with Gasteiger partial charge in [0.2, 0.25) is 0 Å². The van der Waals surface area contributed by atoms with Gasteiger partial charge in [0, 0.05) is 12.7 Å². The van der Waals surface area contributed by atoms with Gasteiger partial charge in [-0.25, -0.2) is 0 Å². The summed E-state index contributed by atoms with van der Waals surface area (Å²) in [6.07, 6.45) is -5.87. The van der Waals surface area contributed by atoms with Crippen molar-refractivity contribution in [3.63, 3.8) is 0 Å². The number of halogens is 4. The fourth-order valence-electron chi connectivity index (χ4n) is 2.27. The molecule has 0 fully saturated rings. The molecule has 2 aromatic rings. The van der Waals surface area contributed by atoms with Crippen LogP contribution in [0.3, 0.4) is 0 Å². The van der Waals surface area contributed by atoms with Crippen LogP contribution < -0.4 is 4.74 Å². The van der Waals surface area contributed by atoms with Crippen molar-refractivity contribution < 1.29 is 27.1 Å². The molecule has 1 aromatic carbocycles. The molecular formula is C17H16F4N2O2. The fourth-order valence-corrected chi connectivity index (χ4v) is 2.27. The maximum Gasteiger partial charge on any atom is 0.461 e.